The molecule has 0 radical (unpaired) electrons. The van der Waals surface area contributed by atoms with Gasteiger partial charge < -0.3 is 14.2 Å². The number of aromatic amines is 1. The van der Waals surface area contributed by atoms with Gasteiger partial charge >= 0.3 is 0 Å². The lowest BCUT2D eigenvalue weighted by Crippen LogP contribution is -3.14. The number of benzene rings is 1. The molecule has 27 heavy (non-hydrogen) atoms. The number of hydrogen-bond acceptors (Lipinski definition) is 4. The third-order valence-electron chi connectivity index (χ3n) is 4.98. The lowest BCUT2D eigenvalue weighted by Gasteiger charge is -2.32. The molecule has 3 aromatic rings. The number of aromatic nitrogens is 3. The molecular weight excluding hydrogens is 358 g/mol. The summed E-state index contributed by atoms with van der Waals surface area (Å²) in [6.07, 6.45) is 3.94. The SMILES string of the molecule is Cc1cc(C)cc(-c2nn(C[NH+]3CCN(c4cc[nH+]cc4)CC3)c(=S)o2)c1. The van der Waals surface area contributed by atoms with Gasteiger partial charge in [0.2, 0.25) is 5.89 Å². The molecular formula is C20H25N5OS+2. The van der Waals surface area contributed by atoms with Crippen LogP contribution in [0, 0.1) is 18.7 Å². The maximum atomic E-state index is 5.78. The van der Waals surface area contributed by atoms with Gasteiger partial charge in [0.25, 0.3) is 4.84 Å². The van der Waals surface area contributed by atoms with E-state index in [1.165, 1.54) is 21.7 Å². The second kappa shape index (κ2) is 7.62. The van der Waals surface area contributed by atoms with Crippen LogP contribution in [0.25, 0.3) is 11.5 Å². The molecule has 7 heteroatoms. The van der Waals surface area contributed by atoms with E-state index in [0.29, 0.717) is 10.7 Å². The summed E-state index contributed by atoms with van der Waals surface area (Å²) >= 11 is 5.41. The van der Waals surface area contributed by atoms with Gasteiger partial charge in [-0.05, 0) is 38.2 Å². The average molecular weight is 384 g/mol. The molecule has 2 aromatic heterocycles. The quantitative estimate of drug-likeness (QED) is 0.697. The number of hydrogen-bond donors (Lipinski definition) is 1. The van der Waals surface area contributed by atoms with Crippen molar-refractivity contribution in [2.24, 2.45) is 0 Å². The van der Waals surface area contributed by atoms with Crippen molar-refractivity contribution < 1.29 is 14.3 Å². The second-order valence-corrected chi connectivity index (χ2v) is 7.55. The molecule has 0 amide bonds. The van der Waals surface area contributed by atoms with Crippen molar-refractivity contribution in [3.05, 3.63) is 58.7 Å². The average Bonchev–Trinajstić information content (AvgIpc) is 3.03. The third-order valence-corrected chi connectivity index (χ3v) is 5.28. The van der Waals surface area contributed by atoms with Gasteiger partial charge in [0, 0.05) is 23.4 Å². The van der Waals surface area contributed by atoms with E-state index in [2.05, 4.69) is 59.2 Å². The Labute approximate surface area is 164 Å². The van der Waals surface area contributed by atoms with Gasteiger partial charge in [0.1, 0.15) is 0 Å². The maximum absolute atomic E-state index is 5.78. The van der Waals surface area contributed by atoms with Gasteiger partial charge in [0.15, 0.2) is 19.1 Å². The molecule has 0 bridgehead atoms. The number of nitrogens with zero attached hydrogens (tertiary/aromatic N) is 3. The van der Waals surface area contributed by atoms with Crippen LogP contribution in [0.2, 0.25) is 0 Å². The summed E-state index contributed by atoms with van der Waals surface area (Å²) in [4.78, 5) is 7.40. The molecule has 1 aromatic carbocycles. The first-order chi connectivity index (χ1) is 13.1. The zero-order chi connectivity index (χ0) is 18.8. The zero-order valence-corrected chi connectivity index (χ0v) is 16.6. The number of pyridine rings is 1. The summed E-state index contributed by atoms with van der Waals surface area (Å²) in [7, 11) is 0. The van der Waals surface area contributed by atoms with Crippen LogP contribution in [-0.4, -0.2) is 36.0 Å². The van der Waals surface area contributed by atoms with E-state index in [0.717, 1.165) is 38.4 Å². The Kier molecular flexibility index (Phi) is 5.05. The molecule has 0 saturated carbocycles. The standard InChI is InChI=1S/C20H23N5OS/c1-15-11-16(2)13-17(12-15)19-22-25(20(27)26-19)14-23-7-9-24(10-8-23)18-3-5-21-6-4-18/h3-6,11-13H,7-10,14H2,1-2H3/p+2. The fourth-order valence-corrected chi connectivity index (χ4v) is 3.85. The number of nitrogens with one attached hydrogen (secondary N) is 2. The van der Waals surface area contributed by atoms with Crippen LogP contribution < -0.4 is 14.8 Å². The van der Waals surface area contributed by atoms with Gasteiger partial charge in [-0.3, -0.25) is 0 Å². The molecule has 1 fully saturated rings. The van der Waals surface area contributed by atoms with Crippen LogP contribution in [0.4, 0.5) is 5.69 Å². The number of H-pyrrole nitrogens is 1. The molecule has 0 aliphatic carbocycles. The highest BCUT2D eigenvalue weighted by Gasteiger charge is 2.22. The number of quaternary nitrogens is 1. The van der Waals surface area contributed by atoms with Crippen LogP contribution >= 0.6 is 12.2 Å². The lowest BCUT2D eigenvalue weighted by molar-refractivity contribution is -0.924. The van der Waals surface area contributed by atoms with Crippen LogP contribution in [-0.2, 0) is 6.67 Å². The molecule has 0 unspecified atom stereocenters. The minimum atomic E-state index is 0.442. The van der Waals surface area contributed by atoms with Crippen molar-refractivity contribution >= 4 is 17.9 Å². The zero-order valence-electron chi connectivity index (χ0n) is 15.7. The van der Waals surface area contributed by atoms with Crippen LogP contribution in [0.5, 0.6) is 0 Å². The predicted octanol–water partition coefficient (Wildman–Crippen LogP) is 1.67. The molecule has 6 nitrogen and oxygen atoms in total. The molecule has 140 valence electrons. The van der Waals surface area contributed by atoms with Crippen molar-refractivity contribution in [3.63, 3.8) is 0 Å². The lowest BCUT2D eigenvalue weighted by atomic mass is 10.1. The Morgan fingerprint density at radius 1 is 1.11 bits per heavy atom. The molecule has 1 saturated heterocycles. The highest BCUT2D eigenvalue weighted by molar-refractivity contribution is 7.71. The van der Waals surface area contributed by atoms with Crippen LogP contribution in [0.3, 0.4) is 0 Å². The number of aryl methyl sites for hydroxylation is 2. The molecule has 0 spiro atoms. The van der Waals surface area contributed by atoms with Crippen molar-refractivity contribution in [1.82, 2.24) is 9.78 Å². The van der Waals surface area contributed by atoms with Gasteiger partial charge in [0.05, 0.1) is 26.2 Å². The summed E-state index contributed by atoms with van der Waals surface area (Å²) in [5, 5.41) is 4.64. The number of anilines is 1. The minimum absolute atomic E-state index is 0.442. The van der Waals surface area contributed by atoms with Gasteiger partial charge in [-0.2, -0.15) is 4.68 Å². The molecule has 0 atom stereocenters. The first-order valence-electron chi connectivity index (χ1n) is 9.30. The summed E-state index contributed by atoms with van der Waals surface area (Å²) in [6.45, 7) is 9.04. The second-order valence-electron chi connectivity index (χ2n) is 7.20. The fourth-order valence-electron chi connectivity index (χ4n) is 3.66. The minimum Gasteiger partial charge on any atom is -0.409 e. The molecule has 1 aliphatic heterocycles. The Morgan fingerprint density at radius 3 is 2.44 bits per heavy atom. The van der Waals surface area contributed by atoms with Crippen LogP contribution in [0.15, 0.2) is 47.1 Å². The number of piperazine rings is 1. The first-order valence-corrected chi connectivity index (χ1v) is 9.70. The van der Waals surface area contributed by atoms with Crippen molar-refractivity contribution in [3.8, 4) is 11.5 Å². The Hall–Kier alpha value is -2.51. The number of rotatable bonds is 4. The van der Waals surface area contributed by atoms with E-state index in [4.69, 9.17) is 16.6 Å². The molecule has 3 heterocycles. The molecule has 4 rings (SSSR count). The summed E-state index contributed by atoms with van der Waals surface area (Å²) < 4.78 is 7.61. The van der Waals surface area contributed by atoms with Crippen molar-refractivity contribution in [2.45, 2.75) is 20.5 Å². The van der Waals surface area contributed by atoms with Gasteiger partial charge in [-0.1, -0.05) is 17.2 Å². The normalized spacial score (nSPS) is 15.3. The summed E-state index contributed by atoms with van der Waals surface area (Å²) in [5.74, 6) is 0.602. The van der Waals surface area contributed by atoms with E-state index in [1.54, 1.807) is 0 Å². The Balaban J connectivity index is 1.43. The summed E-state index contributed by atoms with van der Waals surface area (Å²) in [5.41, 5.74) is 4.64. The summed E-state index contributed by atoms with van der Waals surface area (Å²) in [6, 6.07) is 10.6. The van der Waals surface area contributed by atoms with E-state index >= 15 is 0 Å². The monoisotopic (exact) mass is 383 g/mol. The maximum Gasteiger partial charge on any atom is 0.292 e. The van der Waals surface area contributed by atoms with Crippen molar-refractivity contribution in [2.75, 3.05) is 31.1 Å². The highest BCUT2D eigenvalue weighted by Crippen LogP contribution is 2.20. The smallest absolute Gasteiger partial charge is 0.292 e. The molecule has 2 N–H and O–H groups in total. The van der Waals surface area contributed by atoms with E-state index in [9.17, 15) is 0 Å². The van der Waals surface area contributed by atoms with Crippen molar-refractivity contribution in [1.29, 1.82) is 0 Å². The fraction of sp³-hybridized carbons (Fsp3) is 0.350. The first kappa shape index (κ1) is 17.9. The van der Waals surface area contributed by atoms with Gasteiger partial charge in [-0.25, -0.2) is 4.98 Å². The Bertz CT molecular complexity index is 953. The van der Waals surface area contributed by atoms with Crippen LogP contribution in [0.1, 0.15) is 11.1 Å². The van der Waals surface area contributed by atoms with E-state index < -0.39 is 0 Å². The predicted molar refractivity (Wildman–Crippen MR) is 106 cm³/mol. The highest BCUT2D eigenvalue weighted by atomic mass is 32.1. The van der Waals surface area contributed by atoms with E-state index in [1.807, 2.05) is 17.1 Å². The third kappa shape index (κ3) is 4.09. The largest absolute Gasteiger partial charge is 0.409 e. The Morgan fingerprint density at radius 2 is 1.78 bits per heavy atom. The van der Waals surface area contributed by atoms with Gasteiger partial charge in [-0.15, -0.1) is 5.10 Å². The topological polar surface area (TPSA) is 52.8 Å². The molecule has 1 aliphatic rings. The van der Waals surface area contributed by atoms with E-state index in [-0.39, 0.29) is 0 Å².